The van der Waals surface area contributed by atoms with Crippen molar-refractivity contribution in [2.45, 2.75) is 26.4 Å². The zero-order chi connectivity index (χ0) is 13.8. The summed E-state index contributed by atoms with van der Waals surface area (Å²) in [5, 5.41) is 8.09. The zero-order valence-electron chi connectivity index (χ0n) is 11.7. The van der Waals surface area contributed by atoms with E-state index in [1.165, 1.54) is 4.88 Å². The summed E-state index contributed by atoms with van der Waals surface area (Å²) in [7, 11) is 0. The smallest absolute Gasteiger partial charge is 0.230 e. The molecule has 3 heterocycles. The molecular formula is C13H19N5OS. The van der Waals surface area contributed by atoms with Crippen molar-refractivity contribution in [3.8, 4) is 0 Å². The van der Waals surface area contributed by atoms with Crippen molar-refractivity contribution < 1.29 is 4.42 Å². The highest BCUT2D eigenvalue weighted by molar-refractivity contribution is 7.09. The molecule has 1 saturated heterocycles. The van der Waals surface area contributed by atoms with E-state index in [-0.39, 0.29) is 0 Å². The van der Waals surface area contributed by atoms with Gasteiger partial charge in [-0.2, -0.15) is 0 Å². The number of thiazole rings is 1. The molecule has 0 radical (unpaired) electrons. The van der Waals surface area contributed by atoms with E-state index in [9.17, 15) is 0 Å². The van der Waals surface area contributed by atoms with Crippen LogP contribution in [0.2, 0.25) is 0 Å². The van der Waals surface area contributed by atoms with Crippen LogP contribution < -0.4 is 0 Å². The lowest BCUT2D eigenvalue weighted by atomic mass is 10.3. The summed E-state index contributed by atoms with van der Waals surface area (Å²) < 4.78 is 5.56. The van der Waals surface area contributed by atoms with Crippen molar-refractivity contribution in [2.75, 3.05) is 26.2 Å². The standard InChI is InChI=1S/C13H19N5OS/c1-2-12-15-16-13(19-12)9-18-5-3-17(4-6-18)8-11-7-14-10-20-11/h7,10H,2-6,8-9H2,1H3. The number of piperazine rings is 1. The van der Waals surface area contributed by atoms with Crippen molar-refractivity contribution in [2.24, 2.45) is 0 Å². The quantitative estimate of drug-likeness (QED) is 0.830. The summed E-state index contributed by atoms with van der Waals surface area (Å²) in [5.74, 6) is 1.46. The number of rotatable bonds is 5. The van der Waals surface area contributed by atoms with E-state index in [0.29, 0.717) is 0 Å². The van der Waals surface area contributed by atoms with E-state index < -0.39 is 0 Å². The Kier molecular flexibility index (Phi) is 4.39. The Morgan fingerprint density at radius 2 is 1.80 bits per heavy atom. The fourth-order valence-electron chi connectivity index (χ4n) is 2.33. The molecule has 6 nitrogen and oxygen atoms in total. The van der Waals surface area contributed by atoms with Crippen LogP contribution in [0, 0.1) is 0 Å². The van der Waals surface area contributed by atoms with Gasteiger partial charge in [0.15, 0.2) is 0 Å². The second kappa shape index (κ2) is 6.43. The second-order valence-corrected chi connectivity index (χ2v) is 5.93. The first-order valence-corrected chi connectivity index (χ1v) is 7.85. The van der Waals surface area contributed by atoms with Gasteiger partial charge in [-0.15, -0.1) is 21.5 Å². The van der Waals surface area contributed by atoms with E-state index in [2.05, 4.69) is 25.0 Å². The molecule has 0 aromatic carbocycles. The number of hydrogen-bond acceptors (Lipinski definition) is 7. The molecule has 0 unspecified atom stereocenters. The largest absolute Gasteiger partial charge is 0.424 e. The maximum atomic E-state index is 5.56. The van der Waals surface area contributed by atoms with Crippen LogP contribution in [0.5, 0.6) is 0 Å². The average Bonchev–Trinajstić information content (AvgIpc) is 3.12. The minimum atomic E-state index is 0.726. The third-order valence-corrected chi connectivity index (χ3v) is 4.26. The molecule has 0 spiro atoms. The molecule has 1 aliphatic rings. The normalized spacial score (nSPS) is 17.6. The number of aryl methyl sites for hydroxylation is 1. The van der Waals surface area contributed by atoms with Crippen LogP contribution in [0.3, 0.4) is 0 Å². The molecule has 0 atom stereocenters. The molecule has 1 aliphatic heterocycles. The predicted molar refractivity (Wildman–Crippen MR) is 76.3 cm³/mol. The lowest BCUT2D eigenvalue weighted by Crippen LogP contribution is -2.45. The van der Waals surface area contributed by atoms with Crippen LogP contribution in [0.1, 0.15) is 23.6 Å². The molecule has 2 aromatic heterocycles. The van der Waals surface area contributed by atoms with Gasteiger partial charge in [0.2, 0.25) is 11.8 Å². The minimum Gasteiger partial charge on any atom is -0.424 e. The zero-order valence-corrected chi connectivity index (χ0v) is 12.5. The number of hydrogen-bond donors (Lipinski definition) is 0. The van der Waals surface area contributed by atoms with Crippen molar-refractivity contribution in [1.29, 1.82) is 0 Å². The van der Waals surface area contributed by atoms with Gasteiger partial charge in [0, 0.05) is 50.2 Å². The highest BCUT2D eigenvalue weighted by Crippen LogP contribution is 2.13. The maximum absolute atomic E-state index is 5.56. The Balaban J connectivity index is 1.46. The Labute approximate surface area is 122 Å². The predicted octanol–water partition coefficient (Wildman–Crippen LogP) is 1.41. The van der Waals surface area contributed by atoms with Gasteiger partial charge in [-0.25, -0.2) is 0 Å². The molecule has 20 heavy (non-hydrogen) atoms. The topological polar surface area (TPSA) is 58.3 Å². The first-order chi connectivity index (χ1) is 9.83. The van der Waals surface area contributed by atoms with E-state index in [1.807, 2.05) is 18.6 Å². The third-order valence-electron chi connectivity index (χ3n) is 3.50. The molecule has 3 rings (SSSR count). The number of nitrogens with zero attached hydrogens (tertiary/aromatic N) is 5. The van der Waals surface area contributed by atoms with Gasteiger partial charge < -0.3 is 4.42 Å². The summed E-state index contributed by atoms with van der Waals surface area (Å²) in [5.41, 5.74) is 1.90. The molecule has 1 fully saturated rings. The van der Waals surface area contributed by atoms with Gasteiger partial charge in [-0.1, -0.05) is 6.92 Å². The summed E-state index contributed by atoms with van der Waals surface area (Å²) >= 11 is 1.73. The van der Waals surface area contributed by atoms with E-state index >= 15 is 0 Å². The summed E-state index contributed by atoms with van der Waals surface area (Å²) in [6, 6.07) is 0. The Morgan fingerprint density at radius 1 is 1.10 bits per heavy atom. The lowest BCUT2D eigenvalue weighted by molar-refractivity contribution is 0.115. The lowest BCUT2D eigenvalue weighted by Gasteiger charge is -2.33. The molecule has 7 heteroatoms. The Bertz CT molecular complexity index is 519. The highest BCUT2D eigenvalue weighted by Gasteiger charge is 2.19. The van der Waals surface area contributed by atoms with Gasteiger partial charge in [0.1, 0.15) is 0 Å². The van der Waals surface area contributed by atoms with Crippen molar-refractivity contribution in [1.82, 2.24) is 25.0 Å². The van der Waals surface area contributed by atoms with E-state index in [4.69, 9.17) is 4.42 Å². The summed E-state index contributed by atoms with van der Waals surface area (Å²) in [6.45, 7) is 8.04. The van der Waals surface area contributed by atoms with Crippen molar-refractivity contribution >= 4 is 11.3 Å². The summed E-state index contributed by atoms with van der Waals surface area (Å²) in [6.07, 6.45) is 2.76. The molecule has 108 valence electrons. The molecule has 0 aliphatic carbocycles. The van der Waals surface area contributed by atoms with Crippen LogP contribution in [-0.2, 0) is 19.5 Å². The fraction of sp³-hybridized carbons (Fsp3) is 0.615. The maximum Gasteiger partial charge on any atom is 0.230 e. The minimum absolute atomic E-state index is 0.726. The van der Waals surface area contributed by atoms with Crippen LogP contribution in [0.4, 0.5) is 0 Å². The van der Waals surface area contributed by atoms with Gasteiger partial charge in [-0.3, -0.25) is 14.8 Å². The monoisotopic (exact) mass is 293 g/mol. The average molecular weight is 293 g/mol. The third kappa shape index (κ3) is 3.41. The SMILES string of the molecule is CCc1nnc(CN2CCN(Cc3cncs3)CC2)o1. The van der Waals surface area contributed by atoms with Crippen molar-refractivity contribution in [3.05, 3.63) is 28.4 Å². The van der Waals surface area contributed by atoms with E-state index in [1.54, 1.807) is 11.3 Å². The Hall–Kier alpha value is -1.31. The highest BCUT2D eigenvalue weighted by atomic mass is 32.1. The van der Waals surface area contributed by atoms with Gasteiger partial charge in [-0.05, 0) is 0 Å². The molecule has 2 aromatic rings. The second-order valence-electron chi connectivity index (χ2n) is 4.96. The molecule has 0 bridgehead atoms. The molecule has 0 N–H and O–H groups in total. The van der Waals surface area contributed by atoms with Crippen molar-refractivity contribution in [3.63, 3.8) is 0 Å². The van der Waals surface area contributed by atoms with Gasteiger partial charge in [0.25, 0.3) is 0 Å². The van der Waals surface area contributed by atoms with Gasteiger partial charge in [0.05, 0.1) is 12.1 Å². The first-order valence-electron chi connectivity index (χ1n) is 6.97. The number of aromatic nitrogens is 3. The van der Waals surface area contributed by atoms with Crippen LogP contribution in [-0.4, -0.2) is 51.2 Å². The molecule has 0 saturated carbocycles. The first kappa shape index (κ1) is 13.7. The van der Waals surface area contributed by atoms with Crippen LogP contribution in [0.25, 0.3) is 0 Å². The van der Waals surface area contributed by atoms with Crippen LogP contribution in [0.15, 0.2) is 16.1 Å². The molecular weight excluding hydrogens is 274 g/mol. The Morgan fingerprint density at radius 3 is 2.40 bits per heavy atom. The van der Waals surface area contributed by atoms with Crippen LogP contribution >= 0.6 is 11.3 Å². The fourth-order valence-corrected chi connectivity index (χ4v) is 2.97. The van der Waals surface area contributed by atoms with Gasteiger partial charge >= 0.3 is 0 Å². The van der Waals surface area contributed by atoms with E-state index in [0.717, 1.165) is 57.5 Å². The summed E-state index contributed by atoms with van der Waals surface area (Å²) in [4.78, 5) is 10.3. The molecule has 0 amide bonds.